The van der Waals surface area contributed by atoms with E-state index >= 15 is 0 Å². The molecule has 1 aliphatic heterocycles. The van der Waals surface area contributed by atoms with Gasteiger partial charge in [-0.05, 0) is 18.2 Å². The zero-order valence-corrected chi connectivity index (χ0v) is 12.3. The first-order valence-electron chi connectivity index (χ1n) is 6.09. The molecule has 1 aromatic carbocycles. The Hall–Kier alpha value is -1.95. The van der Waals surface area contributed by atoms with Gasteiger partial charge in [0.25, 0.3) is 0 Å². The van der Waals surface area contributed by atoms with Crippen LogP contribution in [0.1, 0.15) is 11.4 Å². The summed E-state index contributed by atoms with van der Waals surface area (Å²) in [6.45, 7) is 1.01. The fraction of sp³-hybridized carbons (Fsp3) is 0.250. The quantitative estimate of drug-likeness (QED) is 0.822. The van der Waals surface area contributed by atoms with Crippen molar-refractivity contribution < 1.29 is 8.42 Å². The summed E-state index contributed by atoms with van der Waals surface area (Å²) in [5.41, 5.74) is 0.244. The van der Waals surface area contributed by atoms with Crippen LogP contribution in [0.2, 0.25) is 5.02 Å². The van der Waals surface area contributed by atoms with E-state index < -0.39 is 10.0 Å². The molecule has 1 aromatic heterocycles. The average molecular weight is 324 g/mol. The van der Waals surface area contributed by atoms with E-state index in [0.29, 0.717) is 18.9 Å². The number of aromatic nitrogens is 3. The summed E-state index contributed by atoms with van der Waals surface area (Å²) in [7, 11) is -3.67. The van der Waals surface area contributed by atoms with Crippen LogP contribution >= 0.6 is 11.6 Å². The van der Waals surface area contributed by atoms with Gasteiger partial charge < -0.3 is 4.57 Å². The Morgan fingerprint density at radius 2 is 2.14 bits per heavy atom. The molecule has 0 saturated heterocycles. The SMILES string of the molecule is N#Cc1ccc(S(=O)(=O)N2CCn3cnnc3C2)cc1Cl. The Morgan fingerprint density at radius 1 is 1.33 bits per heavy atom. The summed E-state index contributed by atoms with van der Waals surface area (Å²) in [6.07, 6.45) is 1.58. The van der Waals surface area contributed by atoms with E-state index in [1.54, 1.807) is 6.33 Å². The standard InChI is InChI=1S/C12H10ClN5O2S/c13-11-5-10(2-1-9(11)6-14)21(19,20)18-4-3-17-8-15-16-12(17)7-18/h1-2,5,8H,3-4,7H2. The highest BCUT2D eigenvalue weighted by molar-refractivity contribution is 7.89. The molecule has 0 radical (unpaired) electrons. The van der Waals surface area contributed by atoms with Gasteiger partial charge in [-0.15, -0.1) is 10.2 Å². The number of hydrogen-bond acceptors (Lipinski definition) is 5. The van der Waals surface area contributed by atoms with Gasteiger partial charge in [-0.2, -0.15) is 9.57 Å². The van der Waals surface area contributed by atoms with Crippen molar-refractivity contribution in [2.45, 2.75) is 18.0 Å². The van der Waals surface area contributed by atoms with Crippen LogP contribution in [-0.4, -0.2) is 34.0 Å². The van der Waals surface area contributed by atoms with Crippen molar-refractivity contribution in [1.29, 1.82) is 5.26 Å². The molecule has 0 spiro atoms. The van der Waals surface area contributed by atoms with Gasteiger partial charge in [0.1, 0.15) is 18.2 Å². The summed E-state index contributed by atoms with van der Waals surface area (Å²) in [5, 5.41) is 16.6. The first kappa shape index (κ1) is 14.0. The van der Waals surface area contributed by atoms with Crippen LogP contribution in [0, 0.1) is 11.3 Å². The summed E-state index contributed by atoms with van der Waals surface area (Å²) in [6, 6.07) is 5.99. The van der Waals surface area contributed by atoms with Crippen molar-refractivity contribution in [3.63, 3.8) is 0 Å². The molecule has 0 N–H and O–H groups in total. The minimum atomic E-state index is -3.67. The summed E-state index contributed by atoms with van der Waals surface area (Å²) in [5.74, 6) is 0.601. The molecule has 0 amide bonds. The second-order valence-corrected chi connectivity index (χ2v) is 6.88. The van der Waals surface area contributed by atoms with Crippen molar-refractivity contribution in [1.82, 2.24) is 19.1 Å². The Kier molecular flexibility index (Phi) is 3.41. The van der Waals surface area contributed by atoms with E-state index in [0.717, 1.165) is 0 Å². The van der Waals surface area contributed by atoms with Gasteiger partial charge in [0.2, 0.25) is 10.0 Å². The van der Waals surface area contributed by atoms with E-state index in [2.05, 4.69) is 10.2 Å². The van der Waals surface area contributed by atoms with Crippen LogP contribution in [0.4, 0.5) is 0 Å². The molecule has 0 bridgehead atoms. The fourth-order valence-electron chi connectivity index (χ4n) is 2.15. The zero-order chi connectivity index (χ0) is 15.0. The molecule has 0 aliphatic carbocycles. The molecule has 0 saturated carbocycles. The molecule has 2 aromatic rings. The Bertz CT molecular complexity index is 840. The fourth-order valence-corrected chi connectivity index (χ4v) is 3.85. The van der Waals surface area contributed by atoms with Crippen molar-refractivity contribution >= 4 is 21.6 Å². The Labute approximate surface area is 126 Å². The molecule has 0 fully saturated rings. The monoisotopic (exact) mass is 323 g/mol. The van der Waals surface area contributed by atoms with Crippen LogP contribution in [0.5, 0.6) is 0 Å². The normalized spacial score (nSPS) is 15.4. The lowest BCUT2D eigenvalue weighted by atomic mass is 10.2. The highest BCUT2D eigenvalue weighted by Crippen LogP contribution is 2.25. The lowest BCUT2D eigenvalue weighted by Gasteiger charge is -2.26. The highest BCUT2D eigenvalue weighted by Gasteiger charge is 2.29. The lowest BCUT2D eigenvalue weighted by Crippen LogP contribution is -2.38. The average Bonchev–Trinajstić information content (AvgIpc) is 2.94. The van der Waals surface area contributed by atoms with Crippen LogP contribution in [0.25, 0.3) is 0 Å². The van der Waals surface area contributed by atoms with Gasteiger partial charge in [0.05, 0.1) is 22.0 Å². The lowest BCUT2D eigenvalue weighted by molar-refractivity contribution is 0.335. The van der Waals surface area contributed by atoms with Crippen molar-refractivity contribution in [3.8, 4) is 6.07 Å². The second kappa shape index (κ2) is 5.11. The van der Waals surface area contributed by atoms with E-state index in [1.165, 1.54) is 22.5 Å². The van der Waals surface area contributed by atoms with Crippen LogP contribution < -0.4 is 0 Å². The summed E-state index contributed by atoms with van der Waals surface area (Å²) < 4.78 is 28.3. The molecule has 0 unspecified atom stereocenters. The molecular formula is C12H10ClN5O2S. The molecule has 0 atom stereocenters. The van der Waals surface area contributed by atoms with E-state index in [4.69, 9.17) is 16.9 Å². The summed E-state index contributed by atoms with van der Waals surface area (Å²) in [4.78, 5) is 0.0689. The van der Waals surface area contributed by atoms with E-state index in [-0.39, 0.29) is 22.0 Å². The highest BCUT2D eigenvalue weighted by atomic mass is 35.5. The number of rotatable bonds is 2. The van der Waals surface area contributed by atoms with E-state index in [1.807, 2.05) is 10.6 Å². The molecule has 21 heavy (non-hydrogen) atoms. The minimum Gasteiger partial charge on any atom is -0.315 e. The molecule has 108 valence electrons. The number of sulfonamides is 1. The second-order valence-electron chi connectivity index (χ2n) is 4.53. The maximum Gasteiger partial charge on any atom is 0.243 e. The molecular weight excluding hydrogens is 314 g/mol. The minimum absolute atomic E-state index is 0.0689. The molecule has 7 nitrogen and oxygen atoms in total. The third-order valence-electron chi connectivity index (χ3n) is 3.30. The predicted octanol–water partition coefficient (Wildman–Crippen LogP) is 1.01. The zero-order valence-electron chi connectivity index (χ0n) is 10.8. The van der Waals surface area contributed by atoms with Crippen molar-refractivity contribution in [2.24, 2.45) is 0 Å². The maximum atomic E-state index is 12.6. The molecule has 3 rings (SSSR count). The Morgan fingerprint density at radius 3 is 2.86 bits per heavy atom. The number of nitriles is 1. The molecule has 2 heterocycles. The van der Waals surface area contributed by atoms with Gasteiger partial charge in [0, 0.05) is 13.1 Å². The first-order chi connectivity index (χ1) is 10.0. The molecule has 9 heteroatoms. The van der Waals surface area contributed by atoms with Gasteiger partial charge in [-0.3, -0.25) is 0 Å². The number of benzene rings is 1. The third kappa shape index (κ3) is 2.40. The number of fused-ring (bicyclic) bond motifs is 1. The largest absolute Gasteiger partial charge is 0.315 e. The first-order valence-corrected chi connectivity index (χ1v) is 7.90. The van der Waals surface area contributed by atoms with Crippen LogP contribution in [0.15, 0.2) is 29.4 Å². The number of halogens is 1. The van der Waals surface area contributed by atoms with Crippen molar-refractivity contribution in [2.75, 3.05) is 6.54 Å². The van der Waals surface area contributed by atoms with E-state index in [9.17, 15) is 8.42 Å². The third-order valence-corrected chi connectivity index (χ3v) is 5.46. The summed E-state index contributed by atoms with van der Waals surface area (Å²) >= 11 is 5.91. The topological polar surface area (TPSA) is 91.9 Å². The van der Waals surface area contributed by atoms with Crippen molar-refractivity contribution in [3.05, 3.63) is 40.9 Å². The van der Waals surface area contributed by atoms with Gasteiger partial charge >= 0.3 is 0 Å². The van der Waals surface area contributed by atoms with Crippen LogP contribution in [-0.2, 0) is 23.1 Å². The van der Waals surface area contributed by atoms with Crippen LogP contribution in [0.3, 0.4) is 0 Å². The maximum absolute atomic E-state index is 12.6. The predicted molar refractivity (Wildman–Crippen MR) is 73.8 cm³/mol. The van der Waals surface area contributed by atoms with Gasteiger partial charge in [-0.25, -0.2) is 8.42 Å². The van der Waals surface area contributed by atoms with Gasteiger partial charge in [0.15, 0.2) is 0 Å². The Balaban J connectivity index is 1.95. The number of nitrogens with zero attached hydrogens (tertiary/aromatic N) is 5. The molecule has 1 aliphatic rings. The number of hydrogen-bond donors (Lipinski definition) is 0. The van der Waals surface area contributed by atoms with Gasteiger partial charge in [-0.1, -0.05) is 11.6 Å². The smallest absolute Gasteiger partial charge is 0.243 e.